The monoisotopic (exact) mass is 283 g/mol. The summed E-state index contributed by atoms with van der Waals surface area (Å²) in [6.45, 7) is 1.24. The minimum absolute atomic E-state index is 0.214. The van der Waals surface area contributed by atoms with Crippen LogP contribution in [-0.4, -0.2) is 42.3 Å². The van der Waals surface area contributed by atoms with Gasteiger partial charge in [0.15, 0.2) is 0 Å². The molecule has 5 heteroatoms. The number of benzene rings is 1. The van der Waals surface area contributed by atoms with Crippen LogP contribution >= 0.6 is 11.6 Å². The SMILES string of the molecule is COc1ccc(Cl)cc1/C=C\C=NC(C)(CO)CO. The van der Waals surface area contributed by atoms with Crippen LogP contribution in [0.4, 0.5) is 0 Å². The summed E-state index contributed by atoms with van der Waals surface area (Å²) in [7, 11) is 1.59. The third-order valence-electron chi connectivity index (χ3n) is 2.62. The minimum atomic E-state index is -0.858. The number of ether oxygens (including phenoxy) is 1. The standard InChI is InChI=1S/C14H18ClNO3/c1-14(9-17,10-18)16-7-3-4-11-8-12(15)5-6-13(11)19-2/h3-8,17-18H,9-10H2,1-2H3/b4-3-,16-7?. The van der Waals surface area contributed by atoms with Gasteiger partial charge in [-0.2, -0.15) is 0 Å². The van der Waals surface area contributed by atoms with Crippen molar-refractivity contribution in [2.45, 2.75) is 12.5 Å². The summed E-state index contributed by atoms with van der Waals surface area (Å²) in [5.74, 6) is 0.709. The number of halogens is 1. The molecule has 0 aromatic heterocycles. The Kier molecular flexibility index (Phi) is 6.02. The van der Waals surface area contributed by atoms with Gasteiger partial charge in [0.2, 0.25) is 0 Å². The van der Waals surface area contributed by atoms with Crippen molar-refractivity contribution in [3.05, 3.63) is 34.9 Å². The Morgan fingerprint density at radius 1 is 1.37 bits per heavy atom. The van der Waals surface area contributed by atoms with E-state index in [1.165, 1.54) is 6.21 Å². The van der Waals surface area contributed by atoms with Crippen LogP contribution in [0.15, 0.2) is 29.3 Å². The third kappa shape index (κ3) is 4.67. The van der Waals surface area contributed by atoms with Crippen LogP contribution in [0, 0.1) is 0 Å². The van der Waals surface area contributed by atoms with Crippen molar-refractivity contribution >= 4 is 23.9 Å². The van der Waals surface area contributed by atoms with E-state index in [2.05, 4.69) is 4.99 Å². The molecule has 0 amide bonds. The Hall–Kier alpha value is -1.36. The maximum atomic E-state index is 9.08. The van der Waals surface area contributed by atoms with Gasteiger partial charge in [0.05, 0.1) is 20.3 Å². The van der Waals surface area contributed by atoms with Crippen molar-refractivity contribution in [3.63, 3.8) is 0 Å². The van der Waals surface area contributed by atoms with Crippen LogP contribution in [0.25, 0.3) is 6.08 Å². The second-order valence-electron chi connectivity index (χ2n) is 4.34. The van der Waals surface area contributed by atoms with E-state index in [4.69, 9.17) is 26.6 Å². The average Bonchev–Trinajstić information content (AvgIpc) is 2.43. The van der Waals surface area contributed by atoms with Gasteiger partial charge in [-0.15, -0.1) is 0 Å². The summed E-state index contributed by atoms with van der Waals surface area (Å²) in [6, 6.07) is 5.31. The van der Waals surface area contributed by atoms with Gasteiger partial charge in [0.25, 0.3) is 0 Å². The smallest absolute Gasteiger partial charge is 0.126 e. The summed E-state index contributed by atoms with van der Waals surface area (Å²) in [4.78, 5) is 4.10. The molecule has 19 heavy (non-hydrogen) atoms. The molecule has 2 N–H and O–H groups in total. The Labute approximate surface area is 118 Å². The zero-order valence-corrected chi connectivity index (χ0v) is 11.8. The Morgan fingerprint density at radius 3 is 2.63 bits per heavy atom. The number of nitrogens with zero attached hydrogens (tertiary/aromatic N) is 1. The van der Waals surface area contributed by atoms with Gasteiger partial charge in [-0.3, -0.25) is 4.99 Å². The number of rotatable bonds is 6. The molecular formula is C14H18ClNO3. The molecule has 0 unspecified atom stereocenters. The fourth-order valence-corrected chi connectivity index (χ4v) is 1.52. The van der Waals surface area contributed by atoms with Crippen molar-refractivity contribution in [3.8, 4) is 5.75 Å². The highest BCUT2D eigenvalue weighted by molar-refractivity contribution is 6.30. The lowest BCUT2D eigenvalue weighted by atomic mass is 10.1. The zero-order valence-electron chi connectivity index (χ0n) is 11.0. The van der Waals surface area contributed by atoms with Crippen molar-refractivity contribution in [2.75, 3.05) is 20.3 Å². The molecule has 0 heterocycles. The van der Waals surface area contributed by atoms with E-state index in [0.717, 1.165) is 5.56 Å². The first-order valence-electron chi connectivity index (χ1n) is 5.82. The quantitative estimate of drug-likeness (QED) is 0.787. The zero-order chi connectivity index (χ0) is 14.3. The van der Waals surface area contributed by atoms with Gasteiger partial charge in [-0.25, -0.2) is 0 Å². The van der Waals surface area contributed by atoms with E-state index in [1.807, 2.05) is 0 Å². The molecule has 4 nitrogen and oxygen atoms in total. The van der Waals surface area contributed by atoms with Crippen molar-refractivity contribution < 1.29 is 14.9 Å². The summed E-state index contributed by atoms with van der Waals surface area (Å²) in [6.07, 6.45) is 5.04. The van der Waals surface area contributed by atoms with E-state index in [0.29, 0.717) is 10.8 Å². The van der Waals surface area contributed by atoms with E-state index < -0.39 is 5.54 Å². The molecule has 0 aliphatic rings. The first kappa shape index (κ1) is 15.7. The molecule has 0 atom stereocenters. The fraction of sp³-hybridized carbons (Fsp3) is 0.357. The van der Waals surface area contributed by atoms with Crippen LogP contribution in [-0.2, 0) is 0 Å². The van der Waals surface area contributed by atoms with Gasteiger partial charge in [0, 0.05) is 16.8 Å². The van der Waals surface area contributed by atoms with Crippen LogP contribution in [0.3, 0.4) is 0 Å². The summed E-state index contributed by atoms with van der Waals surface area (Å²) in [5, 5.41) is 18.8. The van der Waals surface area contributed by atoms with Crippen LogP contribution < -0.4 is 4.74 Å². The predicted molar refractivity (Wildman–Crippen MR) is 78.1 cm³/mol. The van der Waals surface area contributed by atoms with E-state index >= 15 is 0 Å². The molecule has 104 valence electrons. The second kappa shape index (κ2) is 7.28. The molecule has 1 aromatic carbocycles. The Bertz CT molecular complexity index is 468. The first-order valence-corrected chi connectivity index (χ1v) is 6.19. The molecule has 1 aromatic rings. The lowest BCUT2D eigenvalue weighted by Gasteiger charge is -2.18. The number of aliphatic hydroxyl groups is 2. The Balaban J connectivity index is 2.82. The van der Waals surface area contributed by atoms with Crippen molar-refractivity contribution in [1.29, 1.82) is 0 Å². The van der Waals surface area contributed by atoms with E-state index in [1.54, 1.807) is 44.4 Å². The van der Waals surface area contributed by atoms with E-state index in [-0.39, 0.29) is 13.2 Å². The van der Waals surface area contributed by atoms with Crippen LogP contribution in [0.1, 0.15) is 12.5 Å². The largest absolute Gasteiger partial charge is 0.496 e. The van der Waals surface area contributed by atoms with Crippen molar-refractivity contribution in [2.24, 2.45) is 4.99 Å². The maximum absolute atomic E-state index is 9.08. The second-order valence-corrected chi connectivity index (χ2v) is 4.77. The lowest BCUT2D eigenvalue weighted by molar-refractivity contribution is 0.136. The van der Waals surface area contributed by atoms with Crippen LogP contribution in [0.5, 0.6) is 5.75 Å². The summed E-state index contributed by atoms with van der Waals surface area (Å²) >= 11 is 5.91. The number of hydrogen-bond donors (Lipinski definition) is 2. The minimum Gasteiger partial charge on any atom is -0.496 e. The third-order valence-corrected chi connectivity index (χ3v) is 2.86. The molecule has 0 spiro atoms. The first-order chi connectivity index (χ1) is 9.04. The highest BCUT2D eigenvalue weighted by Gasteiger charge is 2.19. The molecule has 1 rings (SSSR count). The number of aliphatic hydroxyl groups excluding tert-OH is 2. The topological polar surface area (TPSA) is 62.0 Å². The van der Waals surface area contributed by atoms with Crippen LogP contribution in [0.2, 0.25) is 5.02 Å². The summed E-state index contributed by atoms with van der Waals surface area (Å²) in [5.41, 5.74) is -0.0286. The molecular weight excluding hydrogens is 266 g/mol. The molecule has 0 aliphatic carbocycles. The molecule has 0 aliphatic heterocycles. The Morgan fingerprint density at radius 2 is 2.05 bits per heavy atom. The predicted octanol–water partition coefficient (Wildman–Crippen LogP) is 2.18. The molecule has 0 bridgehead atoms. The highest BCUT2D eigenvalue weighted by Crippen LogP contribution is 2.23. The number of aliphatic imine (C=N–C) groups is 1. The lowest BCUT2D eigenvalue weighted by Crippen LogP contribution is -2.31. The fourth-order valence-electron chi connectivity index (χ4n) is 1.34. The maximum Gasteiger partial charge on any atom is 0.126 e. The van der Waals surface area contributed by atoms with Gasteiger partial charge in [0.1, 0.15) is 11.3 Å². The van der Waals surface area contributed by atoms with Gasteiger partial charge < -0.3 is 14.9 Å². The highest BCUT2D eigenvalue weighted by atomic mass is 35.5. The number of methoxy groups -OCH3 is 1. The average molecular weight is 284 g/mol. The molecule has 0 radical (unpaired) electrons. The van der Waals surface area contributed by atoms with Gasteiger partial charge in [-0.1, -0.05) is 11.6 Å². The van der Waals surface area contributed by atoms with E-state index in [9.17, 15) is 0 Å². The summed E-state index contributed by atoms with van der Waals surface area (Å²) < 4.78 is 5.21. The normalized spacial score (nSPS) is 12.5. The van der Waals surface area contributed by atoms with Gasteiger partial charge >= 0.3 is 0 Å². The molecule has 0 fully saturated rings. The van der Waals surface area contributed by atoms with Gasteiger partial charge in [-0.05, 0) is 37.3 Å². The van der Waals surface area contributed by atoms with Crippen molar-refractivity contribution in [1.82, 2.24) is 0 Å². The number of allylic oxidation sites excluding steroid dienone is 1. The molecule has 0 saturated carbocycles. The number of hydrogen-bond acceptors (Lipinski definition) is 4. The molecule has 0 saturated heterocycles.